The molecular weight excluding hydrogens is 445 g/mol. The van der Waals surface area contributed by atoms with Crippen LogP contribution in [0.25, 0.3) is 0 Å². The second kappa shape index (κ2) is 10.8. The van der Waals surface area contributed by atoms with Crippen LogP contribution in [0.4, 0.5) is 13.2 Å². The second-order valence-corrected chi connectivity index (χ2v) is 8.89. The topological polar surface area (TPSA) is 51.2 Å². The molecule has 3 rings (SSSR count). The number of thioether (sulfide) groups is 1. The molecule has 31 heavy (non-hydrogen) atoms. The Balaban J connectivity index is 1.43. The maximum absolute atomic E-state index is 12.4. The standard InChI is InChI=1S/C22H21F3N2O2S2/c1-15-27-19(12-30-15)13-31-20-8-6-18(7-9-20)21(28)26-10-16-2-4-17(5-3-16)11-29-14-22(23,24)25/h2-9,12H,10-11,13-14H2,1H3,(H,26,28). The van der Waals surface area contributed by atoms with Crippen molar-refractivity contribution >= 4 is 29.0 Å². The van der Waals surface area contributed by atoms with Crippen molar-refractivity contribution in [2.75, 3.05) is 6.61 Å². The van der Waals surface area contributed by atoms with E-state index in [1.807, 2.05) is 24.4 Å². The van der Waals surface area contributed by atoms with Gasteiger partial charge in [-0.15, -0.1) is 23.1 Å². The van der Waals surface area contributed by atoms with Crippen molar-refractivity contribution in [2.24, 2.45) is 0 Å². The molecule has 9 heteroatoms. The molecule has 0 aliphatic rings. The van der Waals surface area contributed by atoms with Crippen LogP contribution in [0.1, 0.15) is 32.2 Å². The molecule has 0 saturated carbocycles. The molecular formula is C22H21F3N2O2S2. The molecule has 0 radical (unpaired) electrons. The number of halogens is 3. The van der Waals surface area contributed by atoms with Gasteiger partial charge in [0.1, 0.15) is 6.61 Å². The first kappa shape index (κ1) is 23.3. The summed E-state index contributed by atoms with van der Waals surface area (Å²) in [6.45, 7) is 0.918. The number of carbonyl (C=O) groups is 1. The molecule has 0 aliphatic carbocycles. The summed E-state index contributed by atoms with van der Waals surface area (Å²) in [4.78, 5) is 17.9. The smallest absolute Gasteiger partial charge is 0.367 e. The zero-order chi connectivity index (χ0) is 22.3. The minimum absolute atomic E-state index is 0.113. The molecule has 4 nitrogen and oxygen atoms in total. The molecule has 0 unspecified atom stereocenters. The van der Waals surface area contributed by atoms with Crippen molar-refractivity contribution in [1.29, 1.82) is 0 Å². The van der Waals surface area contributed by atoms with Gasteiger partial charge in [-0.1, -0.05) is 24.3 Å². The second-order valence-electron chi connectivity index (χ2n) is 6.78. The Kier molecular flexibility index (Phi) is 8.11. The number of carbonyl (C=O) groups excluding carboxylic acids is 1. The average molecular weight is 467 g/mol. The summed E-state index contributed by atoms with van der Waals surface area (Å²) in [7, 11) is 0. The van der Waals surface area contributed by atoms with E-state index < -0.39 is 12.8 Å². The van der Waals surface area contributed by atoms with E-state index in [9.17, 15) is 18.0 Å². The average Bonchev–Trinajstić information content (AvgIpc) is 3.16. The molecule has 0 bridgehead atoms. The minimum Gasteiger partial charge on any atom is -0.367 e. The highest BCUT2D eigenvalue weighted by molar-refractivity contribution is 7.98. The van der Waals surface area contributed by atoms with Crippen LogP contribution in [0.5, 0.6) is 0 Å². The summed E-state index contributed by atoms with van der Waals surface area (Å²) >= 11 is 3.30. The zero-order valence-corrected chi connectivity index (χ0v) is 18.4. The van der Waals surface area contributed by atoms with E-state index >= 15 is 0 Å². The molecule has 2 aromatic carbocycles. The Hall–Kier alpha value is -2.36. The summed E-state index contributed by atoms with van der Waals surface area (Å²) in [5.41, 5.74) is 3.09. The number of nitrogens with one attached hydrogen (secondary N) is 1. The van der Waals surface area contributed by atoms with E-state index in [1.54, 1.807) is 59.5 Å². The van der Waals surface area contributed by atoms with E-state index in [2.05, 4.69) is 15.0 Å². The zero-order valence-electron chi connectivity index (χ0n) is 16.7. The summed E-state index contributed by atoms with van der Waals surface area (Å²) in [5, 5.41) is 5.94. The summed E-state index contributed by atoms with van der Waals surface area (Å²) in [5.74, 6) is 0.594. The van der Waals surface area contributed by atoms with Crippen LogP contribution < -0.4 is 5.32 Å². The molecule has 0 fully saturated rings. The Bertz CT molecular complexity index is 987. The van der Waals surface area contributed by atoms with Gasteiger partial charge in [-0.05, 0) is 42.3 Å². The van der Waals surface area contributed by atoms with Gasteiger partial charge in [0.05, 0.1) is 17.3 Å². The number of amides is 1. The first-order chi connectivity index (χ1) is 14.8. The first-order valence-corrected chi connectivity index (χ1v) is 11.3. The predicted molar refractivity (Wildman–Crippen MR) is 116 cm³/mol. The van der Waals surface area contributed by atoms with Crippen LogP contribution in [0.3, 0.4) is 0 Å². The van der Waals surface area contributed by atoms with Crippen molar-refractivity contribution in [3.63, 3.8) is 0 Å². The Morgan fingerprint density at radius 2 is 1.77 bits per heavy atom. The molecule has 1 N–H and O–H groups in total. The van der Waals surface area contributed by atoms with Crippen LogP contribution in [0, 0.1) is 6.92 Å². The third kappa shape index (κ3) is 8.01. The maximum atomic E-state index is 12.4. The predicted octanol–water partition coefficient (Wildman–Crippen LogP) is 5.75. The highest BCUT2D eigenvalue weighted by atomic mass is 32.2. The molecule has 1 heterocycles. The molecule has 164 valence electrons. The van der Waals surface area contributed by atoms with Gasteiger partial charge in [-0.2, -0.15) is 13.2 Å². The number of ether oxygens (including phenoxy) is 1. The first-order valence-electron chi connectivity index (χ1n) is 9.43. The SMILES string of the molecule is Cc1nc(CSc2ccc(C(=O)NCc3ccc(COCC(F)(F)F)cc3)cc2)cs1. The summed E-state index contributed by atoms with van der Waals surface area (Å²) < 4.78 is 40.9. The molecule has 0 aliphatic heterocycles. The van der Waals surface area contributed by atoms with Gasteiger partial charge in [0.15, 0.2) is 0 Å². The minimum atomic E-state index is -4.33. The number of hydrogen-bond donors (Lipinski definition) is 1. The fourth-order valence-corrected chi connectivity index (χ4v) is 4.17. The van der Waals surface area contributed by atoms with Crippen molar-refractivity contribution in [3.8, 4) is 0 Å². The van der Waals surface area contributed by atoms with Gasteiger partial charge in [0, 0.05) is 28.1 Å². The van der Waals surface area contributed by atoms with E-state index in [-0.39, 0.29) is 12.5 Å². The van der Waals surface area contributed by atoms with Crippen molar-refractivity contribution in [3.05, 3.63) is 81.3 Å². The fraction of sp³-hybridized carbons (Fsp3) is 0.273. The lowest BCUT2D eigenvalue weighted by Gasteiger charge is -2.09. The van der Waals surface area contributed by atoms with Crippen molar-refractivity contribution in [2.45, 2.75) is 36.9 Å². The number of aromatic nitrogens is 1. The van der Waals surface area contributed by atoms with Crippen molar-refractivity contribution in [1.82, 2.24) is 10.3 Å². The maximum Gasteiger partial charge on any atom is 0.411 e. The third-order valence-electron chi connectivity index (χ3n) is 4.18. The van der Waals surface area contributed by atoms with Crippen LogP contribution in [0.15, 0.2) is 58.8 Å². The Morgan fingerprint density at radius 1 is 1.10 bits per heavy atom. The Morgan fingerprint density at radius 3 is 2.39 bits per heavy atom. The van der Waals surface area contributed by atoms with Gasteiger partial charge in [-0.3, -0.25) is 4.79 Å². The lowest BCUT2D eigenvalue weighted by Crippen LogP contribution is -2.22. The van der Waals surface area contributed by atoms with E-state index in [0.29, 0.717) is 17.7 Å². The number of rotatable bonds is 9. The number of alkyl halides is 3. The van der Waals surface area contributed by atoms with Gasteiger partial charge in [-0.25, -0.2) is 4.98 Å². The molecule has 0 saturated heterocycles. The van der Waals surface area contributed by atoms with E-state index in [0.717, 1.165) is 26.9 Å². The molecule has 0 spiro atoms. The Labute approximate surface area is 186 Å². The third-order valence-corrected chi connectivity index (χ3v) is 6.05. The quantitative estimate of drug-likeness (QED) is 0.408. The van der Waals surface area contributed by atoms with Crippen LogP contribution in [-0.4, -0.2) is 23.7 Å². The van der Waals surface area contributed by atoms with Gasteiger partial charge >= 0.3 is 6.18 Å². The number of benzene rings is 2. The summed E-state index contributed by atoms with van der Waals surface area (Å²) in [6.07, 6.45) is -4.33. The highest BCUT2D eigenvalue weighted by Gasteiger charge is 2.27. The van der Waals surface area contributed by atoms with Gasteiger partial charge in [0.25, 0.3) is 5.91 Å². The highest BCUT2D eigenvalue weighted by Crippen LogP contribution is 2.24. The number of thiazole rings is 1. The van der Waals surface area contributed by atoms with Crippen LogP contribution in [-0.2, 0) is 23.6 Å². The largest absolute Gasteiger partial charge is 0.411 e. The fourth-order valence-electron chi connectivity index (χ4n) is 2.66. The van der Waals surface area contributed by atoms with Crippen LogP contribution in [0.2, 0.25) is 0 Å². The molecule has 0 atom stereocenters. The lowest BCUT2D eigenvalue weighted by atomic mass is 10.1. The van der Waals surface area contributed by atoms with Gasteiger partial charge < -0.3 is 10.1 Å². The van der Waals surface area contributed by atoms with E-state index in [4.69, 9.17) is 0 Å². The van der Waals surface area contributed by atoms with E-state index in [1.165, 1.54) is 0 Å². The monoisotopic (exact) mass is 466 g/mol. The lowest BCUT2D eigenvalue weighted by molar-refractivity contribution is -0.176. The van der Waals surface area contributed by atoms with Crippen molar-refractivity contribution < 1.29 is 22.7 Å². The summed E-state index contributed by atoms with van der Waals surface area (Å²) in [6, 6.07) is 14.3. The normalized spacial score (nSPS) is 11.5. The van der Waals surface area contributed by atoms with Crippen LogP contribution >= 0.6 is 23.1 Å². The number of hydrogen-bond acceptors (Lipinski definition) is 5. The number of nitrogens with zero attached hydrogens (tertiary/aromatic N) is 1. The molecule has 3 aromatic rings. The molecule has 1 amide bonds. The van der Waals surface area contributed by atoms with Gasteiger partial charge in [0.2, 0.25) is 0 Å². The number of aryl methyl sites for hydroxylation is 1. The molecule has 1 aromatic heterocycles.